The Hall–Kier alpha value is -5.86. The van der Waals surface area contributed by atoms with Crippen molar-refractivity contribution < 1.29 is 0 Å². The van der Waals surface area contributed by atoms with Crippen LogP contribution >= 0.6 is 0 Å². The molecule has 0 amide bonds. The van der Waals surface area contributed by atoms with Gasteiger partial charge in [0.15, 0.2) is 0 Å². The van der Waals surface area contributed by atoms with E-state index in [2.05, 4.69) is 132 Å². The minimum absolute atomic E-state index is 0.861. The molecule has 0 saturated carbocycles. The molecule has 2 heteroatoms. The van der Waals surface area contributed by atoms with Gasteiger partial charge >= 0.3 is 0 Å². The summed E-state index contributed by atoms with van der Waals surface area (Å²) in [6, 6.07) is 46.3. The lowest BCUT2D eigenvalue weighted by molar-refractivity contribution is 1.29. The quantitative estimate of drug-likeness (QED) is 0.146. The molecule has 212 valence electrons. The van der Waals surface area contributed by atoms with Gasteiger partial charge in [-0.05, 0) is 120 Å². The van der Waals surface area contributed by atoms with Crippen molar-refractivity contribution in [2.75, 3.05) is 0 Å². The fraction of sp³-hybridized carbons (Fsp3) is 0.0233. The van der Waals surface area contributed by atoms with E-state index in [1.54, 1.807) is 0 Å². The van der Waals surface area contributed by atoms with Crippen LogP contribution in [-0.4, -0.2) is 9.97 Å². The monoisotopic (exact) mass is 574 g/mol. The lowest BCUT2D eigenvalue weighted by Crippen LogP contribution is -1.89. The second kappa shape index (κ2) is 11.3. The molecule has 6 aromatic carbocycles. The van der Waals surface area contributed by atoms with Crippen LogP contribution in [0.15, 0.2) is 165 Å². The van der Waals surface area contributed by atoms with Gasteiger partial charge in [-0.3, -0.25) is 9.97 Å². The molecule has 0 aliphatic rings. The molecule has 45 heavy (non-hydrogen) atoms. The molecule has 0 radical (unpaired) electrons. The van der Waals surface area contributed by atoms with E-state index in [0.717, 1.165) is 34.2 Å². The molecule has 2 heterocycles. The van der Waals surface area contributed by atoms with Crippen LogP contribution in [0.5, 0.6) is 0 Å². The van der Waals surface area contributed by atoms with E-state index in [9.17, 15) is 0 Å². The second-order valence-corrected chi connectivity index (χ2v) is 11.5. The van der Waals surface area contributed by atoms with Gasteiger partial charge in [-0.15, -0.1) is 6.58 Å². The normalized spacial score (nSPS) is 11.3. The van der Waals surface area contributed by atoms with Crippen LogP contribution in [0.25, 0.3) is 76.8 Å². The summed E-state index contributed by atoms with van der Waals surface area (Å²) in [6.07, 6.45) is 10.3. The zero-order valence-electron chi connectivity index (χ0n) is 24.8. The number of benzene rings is 6. The number of pyridine rings is 2. The fourth-order valence-electron chi connectivity index (χ4n) is 6.55. The molecule has 0 aliphatic heterocycles. The summed E-state index contributed by atoms with van der Waals surface area (Å²) in [7, 11) is 0. The van der Waals surface area contributed by atoms with E-state index < -0.39 is 0 Å². The predicted molar refractivity (Wildman–Crippen MR) is 190 cm³/mol. The van der Waals surface area contributed by atoms with Gasteiger partial charge in [0.05, 0.1) is 0 Å². The highest BCUT2D eigenvalue weighted by atomic mass is 14.6. The first kappa shape index (κ1) is 26.7. The molecule has 0 unspecified atom stereocenters. The molecule has 2 aromatic heterocycles. The van der Waals surface area contributed by atoms with E-state index in [4.69, 9.17) is 0 Å². The summed E-state index contributed by atoms with van der Waals surface area (Å²) in [6.45, 7) is 3.96. The van der Waals surface area contributed by atoms with Crippen molar-refractivity contribution in [2.45, 2.75) is 6.42 Å². The summed E-state index contributed by atoms with van der Waals surface area (Å²) in [5, 5.41) is 7.69. The van der Waals surface area contributed by atoms with Crippen LogP contribution < -0.4 is 0 Å². The average molecular weight is 575 g/mol. The largest absolute Gasteiger partial charge is 0.264 e. The van der Waals surface area contributed by atoms with Gasteiger partial charge in [0.25, 0.3) is 0 Å². The Balaban J connectivity index is 1.29. The Labute approximate surface area is 263 Å². The summed E-state index contributed by atoms with van der Waals surface area (Å²) >= 11 is 0. The zero-order chi connectivity index (χ0) is 30.2. The van der Waals surface area contributed by atoms with Gasteiger partial charge in [0, 0.05) is 35.9 Å². The molecular weight excluding hydrogens is 544 g/mol. The standard InChI is InChI=1S/C43H30N2/c1-2-8-29-15-17-40-38-13-3-4-14-39(38)43-26-32(16-18-41(43)42(40)21-29)30-9-5-10-31(22-30)35-23-36(33-11-6-19-44-27-33)25-37(24-35)34-12-7-20-45-28-34/h2-7,9-28H,1,8H2. The summed E-state index contributed by atoms with van der Waals surface area (Å²) in [5.74, 6) is 0. The third kappa shape index (κ3) is 4.97. The van der Waals surface area contributed by atoms with Crippen molar-refractivity contribution in [1.82, 2.24) is 9.97 Å². The van der Waals surface area contributed by atoms with Gasteiger partial charge < -0.3 is 0 Å². The Bertz CT molecular complexity index is 2300. The van der Waals surface area contributed by atoms with Crippen molar-refractivity contribution in [1.29, 1.82) is 0 Å². The highest BCUT2D eigenvalue weighted by molar-refractivity contribution is 6.25. The van der Waals surface area contributed by atoms with Crippen LogP contribution in [0.2, 0.25) is 0 Å². The summed E-state index contributed by atoms with van der Waals surface area (Å²) in [4.78, 5) is 8.76. The van der Waals surface area contributed by atoms with Crippen LogP contribution in [0, 0.1) is 0 Å². The number of rotatable bonds is 6. The Kier molecular flexibility index (Phi) is 6.73. The van der Waals surface area contributed by atoms with Gasteiger partial charge in [-0.1, -0.05) is 91.0 Å². The molecule has 8 rings (SSSR count). The molecule has 8 aromatic rings. The van der Waals surface area contributed by atoms with E-state index in [1.807, 2.05) is 43.0 Å². The first-order valence-corrected chi connectivity index (χ1v) is 15.3. The first-order valence-electron chi connectivity index (χ1n) is 15.3. The molecule has 0 N–H and O–H groups in total. The van der Waals surface area contributed by atoms with Crippen molar-refractivity contribution >= 4 is 32.3 Å². The third-order valence-corrected chi connectivity index (χ3v) is 8.73. The number of nitrogens with zero attached hydrogens (tertiary/aromatic N) is 2. The van der Waals surface area contributed by atoms with Crippen LogP contribution in [0.1, 0.15) is 5.56 Å². The van der Waals surface area contributed by atoms with Gasteiger partial charge in [-0.25, -0.2) is 0 Å². The van der Waals surface area contributed by atoms with Crippen LogP contribution in [0.4, 0.5) is 0 Å². The SMILES string of the molecule is C=CCc1ccc2c3ccccc3c3cc(-c4cccc(-c5cc(-c6cccnc6)cc(-c6cccnc6)c5)c4)ccc3c2c1. The number of aromatic nitrogens is 2. The molecular formula is C43H30N2. The van der Waals surface area contributed by atoms with Gasteiger partial charge in [0.2, 0.25) is 0 Å². The molecule has 0 aliphatic carbocycles. The molecule has 0 saturated heterocycles. The van der Waals surface area contributed by atoms with Crippen molar-refractivity contribution in [3.63, 3.8) is 0 Å². The minimum atomic E-state index is 0.861. The highest BCUT2D eigenvalue weighted by Gasteiger charge is 2.12. The maximum absolute atomic E-state index is 4.38. The summed E-state index contributed by atoms with van der Waals surface area (Å²) in [5.41, 5.74) is 10.4. The second-order valence-electron chi connectivity index (χ2n) is 11.5. The lowest BCUT2D eigenvalue weighted by Gasteiger charge is -2.14. The van der Waals surface area contributed by atoms with E-state index in [1.165, 1.54) is 54.6 Å². The highest BCUT2D eigenvalue weighted by Crippen LogP contribution is 2.39. The van der Waals surface area contributed by atoms with Gasteiger partial charge in [-0.2, -0.15) is 0 Å². The fourth-order valence-corrected chi connectivity index (χ4v) is 6.55. The predicted octanol–water partition coefficient (Wildman–Crippen LogP) is 11.3. The lowest BCUT2D eigenvalue weighted by atomic mass is 9.90. The van der Waals surface area contributed by atoms with Crippen molar-refractivity contribution in [3.8, 4) is 44.5 Å². The number of hydrogen-bond acceptors (Lipinski definition) is 2. The van der Waals surface area contributed by atoms with Crippen LogP contribution in [-0.2, 0) is 6.42 Å². The van der Waals surface area contributed by atoms with E-state index >= 15 is 0 Å². The Morgan fingerprint density at radius 1 is 0.400 bits per heavy atom. The summed E-state index contributed by atoms with van der Waals surface area (Å²) < 4.78 is 0. The zero-order valence-corrected chi connectivity index (χ0v) is 24.8. The average Bonchev–Trinajstić information content (AvgIpc) is 3.12. The first-order chi connectivity index (χ1) is 22.2. The topological polar surface area (TPSA) is 25.8 Å². The maximum Gasteiger partial charge on any atom is 0.0346 e. The Morgan fingerprint density at radius 3 is 1.53 bits per heavy atom. The van der Waals surface area contributed by atoms with Crippen LogP contribution in [0.3, 0.4) is 0 Å². The molecule has 0 spiro atoms. The molecule has 2 nitrogen and oxygen atoms in total. The maximum atomic E-state index is 4.38. The number of hydrogen-bond donors (Lipinski definition) is 0. The Morgan fingerprint density at radius 2 is 0.889 bits per heavy atom. The smallest absolute Gasteiger partial charge is 0.0346 e. The van der Waals surface area contributed by atoms with Crippen molar-refractivity contribution in [2.24, 2.45) is 0 Å². The molecule has 0 bridgehead atoms. The molecule has 0 fully saturated rings. The third-order valence-electron chi connectivity index (χ3n) is 8.73. The van der Waals surface area contributed by atoms with E-state index in [0.29, 0.717) is 0 Å². The molecule has 0 atom stereocenters. The van der Waals surface area contributed by atoms with Crippen molar-refractivity contribution in [3.05, 3.63) is 170 Å². The van der Waals surface area contributed by atoms with Gasteiger partial charge in [0.1, 0.15) is 0 Å². The number of fused-ring (bicyclic) bond motifs is 6. The number of allylic oxidation sites excluding steroid dienone is 1. The minimum Gasteiger partial charge on any atom is -0.264 e. The van der Waals surface area contributed by atoms with E-state index in [-0.39, 0.29) is 0 Å².